The van der Waals surface area contributed by atoms with Crippen LogP contribution in [-0.2, 0) is 18.0 Å². The number of nitrogens with two attached hydrogens (primary N) is 1. The normalized spacial score (nSPS) is 15.9. The van der Waals surface area contributed by atoms with Crippen LogP contribution in [0, 0.1) is 6.92 Å². The van der Waals surface area contributed by atoms with Crippen molar-refractivity contribution in [3.8, 4) is 0 Å². The summed E-state index contributed by atoms with van der Waals surface area (Å²) in [6.45, 7) is 3.57. The highest BCUT2D eigenvalue weighted by molar-refractivity contribution is 7.10. The molecule has 2 nitrogen and oxygen atoms in total. The zero-order valence-electron chi connectivity index (χ0n) is 9.77. The second kappa shape index (κ2) is 4.26. The Labute approximate surface area is 105 Å². The molecule has 0 saturated heterocycles. The molecule has 0 amide bonds. The van der Waals surface area contributed by atoms with E-state index in [2.05, 4.69) is 36.6 Å². The molecule has 17 heavy (non-hydrogen) atoms. The minimum Gasteiger partial charge on any atom is -0.372 e. The zero-order valence-corrected chi connectivity index (χ0v) is 10.6. The van der Waals surface area contributed by atoms with Crippen molar-refractivity contribution in [3.05, 3.63) is 56.8 Å². The molecule has 1 aliphatic rings. The summed E-state index contributed by atoms with van der Waals surface area (Å²) < 4.78 is 5.42. The standard InChI is InChI=1S/C14H15NOS/c1-9-4-13(8-17-9)14(15)10-2-3-11-6-16-7-12(11)5-10/h2-5,8,14H,6-7,15H2,1H3. The molecule has 0 radical (unpaired) electrons. The van der Waals surface area contributed by atoms with Crippen molar-refractivity contribution in [1.82, 2.24) is 0 Å². The van der Waals surface area contributed by atoms with E-state index in [1.54, 1.807) is 11.3 Å². The lowest BCUT2D eigenvalue weighted by Crippen LogP contribution is -2.11. The first-order chi connectivity index (χ1) is 8.24. The van der Waals surface area contributed by atoms with Crippen LogP contribution in [0.3, 0.4) is 0 Å². The second-order valence-electron chi connectivity index (χ2n) is 4.49. The van der Waals surface area contributed by atoms with Crippen molar-refractivity contribution in [2.75, 3.05) is 0 Å². The van der Waals surface area contributed by atoms with Crippen LogP contribution in [0.15, 0.2) is 29.6 Å². The SMILES string of the molecule is Cc1cc(C(N)c2ccc3c(c2)COC3)cs1. The van der Waals surface area contributed by atoms with Crippen LogP contribution in [0.5, 0.6) is 0 Å². The number of fused-ring (bicyclic) bond motifs is 1. The summed E-state index contributed by atoms with van der Waals surface area (Å²) >= 11 is 1.75. The number of benzene rings is 1. The van der Waals surface area contributed by atoms with Gasteiger partial charge in [-0.1, -0.05) is 18.2 Å². The topological polar surface area (TPSA) is 35.2 Å². The fourth-order valence-corrected chi connectivity index (χ4v) is 2.95. The summed E-state index contributed by atoms with van der Waals surface area (Å²) in [4.78, 5) is 1.31. The van der Waals surface area contributed by atoms with E-state index >= 15 is 0 Å². The van der Waals surface area contributed by atoms with Crippen LogP contribution < -0.4 is 5.73 Å². The van der Waals surface area contributed by atoms with Crippen LogP contribution in [0.4, 0.5) is 0 Å². The molecule has 0 saturated carbocycles. The van der Waals surface area contributed by atoms with E-state index in [9.17, 15) is 0 Å². The smallest absolute Gasteiger partial charge is 0.0725 e. The van der Waals surface area contributed by atoms with Crippen molar-refractivity contribution < 1.29 is 4.74 Å². The largest absolute Gasteiger partial charge is 0.372 e. The number of hydrogen-bond acceptors (Lipinski definition) is 3. The van der Waals surface area contributed by atoms with Gasteiger partial charge in [0.2, 0.25) is 0 Å². The second-order valence-corrected chi connectivity index (χ2v) is 5.60. The Morgan fingerprint density at radius 1 is 1.18 bits per heavy atom. The first kappa shape index (κ1) is 11.0. The molecule has 0 fully saturated rings. The van der Waals surface area contributed by atoms with Crippen molar-refractivity contribution in [1.29, 1.82) is 0 Å². The lowest BCUT2D eigenvalue weighted by Gasteiger charge is -2.11. The van der Waals surface area contributed by atoms with Crippen LogP contribution >= 0.6 is 11.3 Å². The fourth-order valence-electron chi connectivity index (χ4n) is 2.20. The highest BCUT2D eigenvalue weighted by Gasteiger charge is 2.15. The minimum absolute atomic E-state index is 0.0224. The minimum atomic E-state index is -0.0224. The van der Waals surface area contributed by atoms with Crippen LogP contribution in [0.25, 0.3) is 0 Å². The summed E-state index contributed by atoms with van der Waals surface area (Å²) in [6.07, 6.45) is 0. The van der Waals surface area contributed by atoms with E-state index in [1.165, 1.54) is 27.1 Å². The van der Waals surface area contributed by atoms with Gasteiger partial charge >= 0.3 is 0 Å². The van der Waals surface area contributed by atoms with Gasteiger partial charge in [-0.3, -0.25) is 0 Å². The Kier molecular flexibility index (Phi) is 2.74. The Balaban J connectivity index is 1.94. The first-order valence-electron chi connectivity index (χ1n) is 5.74. The zero-order chi connectivity index (χ0) is 11.8. The van der Waals surface area contributed by atoms with Gasteiger partial charge in [0.1, 0.15) is 0 Å². The van der Waals surface area contributed by atoms with Crippen molar-refractivity contribution in [2.24, 2.45) is 5.73 Å². The van der Waals surface area contributed by atoms with Crippen molar-refractivity contribution in [2.45, 2.75) is 26.2 Å². The Morgan fingerprint density at radius 3 is 2.76 bits per heavy atom. The highest BCUT2D eigenvalue weighted by atomic mass is 32.1. The van der Waals surface area contributed by atoms with Gasteiger partial charge in [-0.15, -0.1) is 11.3 Å². The lowest BCUT2D eigenvalue weighted by molar-refractivity contribution is 0.134. The lowest BCUT2D eigenvalue weighted by atomic mass is 9.98. The summed E-state index contributed by atoms with van der Waals surface area (Å²) in [5.41, 5.74) is 11.2. The molecule has 1 aromatic carbocycles. The van der Waals surface area contributed by atoms with Crippen molar-refractivity contribution in [3.63, 3.8) is 0 Å². The fraction of sp³-hybridized carbons (Fsp3) is 0.286. The predicted octanol–water partition coefficient (Wildman–Crippen LogP) is 3.13. The van der Waals surface area contributed by atoms with Gasteiger partial charge in [0.25, 0.3) is 0 Å². The molecule has 0 spiro atoms. The van der Waals surface area contributed by atoms with Gasteiger partial charge in [-0.25, -0.2) is 0 Å². The third kappa shape index (κ3) is 2.02. The van der Waals surface area contributed by atoms with Crippen molar-refractivity contribution >= 4 is 11.3 Å². The quantitative estimate of drug-likeness (QED) is 0.882. The molecule has 1 aromatic heterocycles. The Bertz CT molecular complexity index is 547. The van der Waals surface area contributed by atoms with Gasteiger partial charge in [-0.2, -0.15) is 0 Å². The molecule has 3 heteroatoms. The van der Waals surface area contributed by atoms with Crippen LogP contribution in [0.1, 0.15) is 33.2 Å². The molecule has 0 aliphatic carbocycles. The molecule has 2 aromatic rings. The van der Waals surface area contributed by atoms with Gasteiger partial charge in [0.15, 0.2) is 0 Å². The summed E-state index contributed by atoms with van der Waals surface area (Å²) in [5.74, 6) is 0. The van der Waals surface area contributed by atoms with E-state index in [0.29, 0.717) is 0 Å². The first-order valence-corrected chi connectivity index (χ1v) is 6.62. The predicted molar refractivity (Wildman–Crippen MR) is 70.0 cm³/mol. The molecule has 0 bridgehead atoms. The van der Waals surface area contributed by atoms with E-state index in [-0.39, 0.29) is 6.04 Å². The number of hydrogen-bond donors (Lipinski definition) is 1. The van der Waals surface area contributed by atoms with Crippen LogP contribution in [-0.4, -0.2) is 0 Å². The Morgan fingerprint density at radius 2 is 2.00 bits per heavy atom. The van der Waals surface area contributed by atoms with E-state index in [4.69, 9.17) is 10.5 Å². The monoisotopic (exact) mass is 245 g/mol. The maximum atomic E-state index is 6.29. The maximum absolute atomic E-state index is 6.29. The molecule has 2 N–H and O–H groups in total. The van der Waals surface area contributed by atoms with Gasteiger partial charge in [0.05, 0.1) is 19.3 Å². The van der Waals surface area contributed by atoms with Gasteiger partial charge in [-0.05, 0) is 40.6 Å². The summed E-state index contributed by atoms with van der Waals surface area (Å²) in [7, 11) is 0. The van der Waals surface area contributed by atoms with Crippen LogP contribution in [0.2, 0.25) is 0 Å². The highest BCUT2D eigenvalue weighted by Crippen LogP contribution is 2.28. The average molecular weight is 245 g/mol. The molecule has 1 aliphatic heterocycles. The molecule has 3 rings (SSSR count). The number of thiophene rings is 1. The third-order valence-corrected chi connectivity index (χ3v) is 4.09. The molecular weight excluding hydrogens is 230 g/mol. The number of ether oxygens (including phenoxy) is 1. The molecule has 2 heterocycles. The maximum Gasteiger partial charge on any atom is 0.0725 e. The summed E-state index contributed by atoms with van der Waals surface area (Å²) in [5, 5.41) is 2.14. The summed E-state index contributed by atoms with van der Waals surface area (Å²) in [6, 6.07) is 8.58. The Hall–Kier alpha value is -1.16. The number of aryl methyl sites for hydroxylation is 1. The van der Waals surface area contributed by atoms with E-state index < -0.39 is 0 Å². The van der Waals surface area contributed by atoms with E-state index in [0.717, 1.165) is 13.2 Å². The van der Waals surface area contributed by atoms with E-state index in [1.807, 2.05) is 0 Å². The average Bonchev–Trinajstić information content (AvgIpc) is 2.95. The number of rotatable bonds is 2. The van der Waals surface area contributed by atoms with Gasteiger partial charge in [0, 0.05) is 4.88 Å². The molecule has 1 unspecified atom stereocenters. The van der Waals surface area contributed by atoms with Gasteiger partial charge < -0.3 is 10.5 Å². The third-order valence-electron chi connectivity index (χ3n) is 3.21. The molecular formula is C14H15NOS. The molecule has 88 valence electrons. The molecule has 1 atom stereocenters.